The minimum absolute atomic E-state index is 0.0389. The third kappa shape index (κ3) is 3.62. The highest BCUT2D eigenvalue weighted by molar-refractivity contribution is 5.75. The molecular formula is C14H24N2O4. The quantitative estimate of drug-likeness (QED) is 0.722. The fourth-order valence-electron chi connectivity index (χ4n) is 3.18. The molecule has 0 aromatic carbocycles. The van der Waals surface area contributed by atoms with Crippen molar-refractivity contribution in [3.8, 4) is 0 Å². The van der Waals surface area contributed by atoms with Gasteiger partial charge in [0.25, 0.3) is 0 Å². The molecule has 0 aromatic rings. The second-order valence-corrected chi connectivity index (χ2v) is 6.08. The number of carboxylic acid groups (broad SMARTS) is 1. The molecule has 2 fully saturated rings. The van der Waals surface area contributed by atoms with Crippen LogP contribution in [0, 0.1) is 11.8 Å². The van der Waals surface area contributed by atoms with E-state index in [0.29, 0.717) is 25.9 Å². The molecule has 1 aliphatic heterocycles. The van der Waals surface area contributed by atoms with Crippen molar-refractivity contribution in [1.29, 1.82) is 0 Å². The van der Waals surface area contributed by atoms with Crippen LogP contribution in [0.25, 0.3) is 0 Å². The summed E-state index contributed by atoms with van der Waals surface area (Å²) in [7, 11) is 0. The Labute approximate surface area is 119 Å². The Morgan fingerprint density at radius 1 is 1.30 bits per heavy atom. The van der Waals surface area contributed by atoms with E-state index in [1.54, 1.807) is 11.8 Å². The monoisotopic (exact) mass is 284 g/mol. The zero-order chi connectivity index (χ0) is 14.7. The zero-order valence-electron chi connectivity index (χ0n) is 11.9. The smallest absolute Gasteiger partial charge is 0.317 e. The number of nitrogens with one attached hydrogen (secondary N) is 1. The summed E-state index contributed by atoms with van der Waals surface area (Å²) in [6.07, 6.45) is 3.36. The molecule has 20 heavy (non-hydrogen) atoms. The first kappa shape index (κ1) is 15.1. The maximum atomic E-state index is 12.1. The second kappa shape index (κ2) is 6.43. The SMILES string of the molecule is CC(O)C1CCN(C(=O)NC2CCCC(C(=O)O)C2)C1. The molecule has 0 aromatic heterocycles. The minimum Gasteiger partial charge on any atom is -0.481 e. The molecule has 1 heterocycles. The van der Waals surface area contributed by atoms with Gasteiger partial charge in [-0.05, 0) is 32.6 Å². The highest BCUT2D eigenvalue weighted by Gasteiger charge is 2.32. The van der Waals surface area contributed by atoms with Gasteiger partial charge in [-0.1, -0.05) is 6.42 Å². The van der Waals surface area contributed by atoms with Gasteiger partial charge >= 0.3 is 12.0 Å². The van der Waals surface area contributed by atoms with Crippen molar-refractivity contribution in [3.05, 3.63) is 0 Å². The summed E-state index contributed by atoms with van der Waals surface area (Å²) in [5.41, 5.74) is 0. The molecule has 1 saturated heterocycles. The average Bonchev–Trinajstić information content (AvgIpc) is 2.88. The van der Waals surface area contributed by atoms with Crippen molar-refractivity contribution in [2.75, 3.05) is 13.1 Å². The van der Waals surface area contributed by atoms with E-state index in [1.807, 2.05) is 0 Å². The van der Waals surface area contributed by atoms with Gasteiger partial charge in [0.05, 0.1) is 12.0 Å². The Morgan fingerprint density at radius 3 is 2.65 bits per heavy atom. The van der Waals surface area contributed by atoms with Gasteiger partial charge in [-0.15, -0.1) is 0 Å². The van der Waals surface area contributed by atoms with Crippen LogP contribution in [-0.4, -0.2) is 52.3 Å². The summed E-state index contributed by atoms with van der Waals surface area (Å²) >= 11 is 0. The number of aliphatic hydroxyl groups excluding tert-OH is 1. The van der Waals surface area contributed by atoms with E-state index in [-0.39, 0.29) is 30.0 Å². The first-order chi connectivity index (χ1) is 9.47. The Morgan fingerprint density at radius 2 is 2.05 bits per heavy atom. The number of carbonyl (C=O) groups excluding carboxylic acids is 1. The van der Waals surface area contributed by atoms with Crippen LogP contribution in [0.5, 0.6) is 0 Å². The van der Waals surface area contributed by atoms with E-state index in [1.165, 1.54) is 0 Å². The molecule has 0 bridgehead atoms. The van der Waals surface area contributed by atoms with E-state index in [4.69, 9.17) is 5.11 Å². The van der Waals surface area contributed by atoms with Gasteiger partial charge in [-0.25, -0.2) is 4.79 Å². The van der Waals surface area contributed by atoms with E-state index in [9.17, 15) is 14.7 Å². The number of hydrogen-bond donors (Lipinski definition) is 3. The van der Waals surface area contributed by atoms with E-state index < -0.39 is 5.97 Å². The number of aliphatic carboxylic acids is 1. The molecule has 114 valence electrons. The molecule has 4 unspecified atom stereocenters. The zero-order valence-corrected chi connectivity index (χ0v) is 11.9. The summed E-state index contributed by atoms with van der Waals surface area (Å²) in [4.78, 5) is 24.9. The normalized spacial score (nSPS) is 31.9. The number of urea groups is 1. The van der Waals surface area contributed by atoms with Crippen LogP contribution in [-0.2, 0) is 4.79 Å². The van der Waals surface area contributed by atoms with Crippen molar-refractivity contribution in [3.63, 3.8) is 0 Å². The van der Waals surface area contributed by atoms with Crippen LogP contribution >= 0.6 is 0 Å². The third-order valence-corrected chi connectivity index (χ3v) is 4.55. The molecule has 2 aliphatic rings. The second-order valence-electron chi connectivity index (χ2n) is 6.08. The van der Waals surface area contributed by atoms with E-state index in [2.05, 4.69) is 5.32 Å². The number of nitrogens with zero attached hydrogens (tertiary/aromatic N) is 1. The van der Waals surface area contributed by atoms with Crippen LogP contribution < -0.4 is 5.32 Å². The maximum Gasteiger partial charge on any atom is 0.317 e. The standard InChI is InChI=1S/C14H24N2O4/c1-9(17)11-5-6-16(8-11)14(20)15-12-4-2-3-10(7-12)13(18)19/h9-12,17H,2-8H2,1H3,(H,15,20)(H,18,19). The Bertz CT molecular complexity index is 372. The number of likely N-dealkylation sites (tertiary alicyclic amines) is 1. The molecule has 0 spiro atoms. The predicted molar refractivity (Wildman–Crippen MR) is 73.3 cm³/mol. The average molecular weight is 284 g/mol. The molecule has 4 atom stereocenters. The van der Waals surface area contributed by atoms with Gasteiger partial charge in [0.15, 0.2) is 0 Å². The Balaban J connectivity index is 1.81. The molecule has 1 saturated carbocycles. The van der Waals surface area contributed by atoms with Crippen molar-refractivity contribution in [1.82, 2.24) is 10.2 Å². The van der Waals surface area contributed by atoms with Crippen molar-refractivity contribution in [2.45, 2.75) is 51.2 Å². The lowest BCUT2D eigenvalue weighted by atomic mass is 9.86. The van der Waals surface area contributed by atoms with Gasteiger partial charge in [0.2, 0.25) is 0 Å². The molecule has 6 nitrogen and oxygen atoms in total. The fraction of sp³-hybridized carbons (Fsp3) is 0.857. The summed E-state index contributed by atoms with van der Waals surface area (Å²) < 4.78 is 0. The molecular weight excluding hydrogens is 260 g/mol. The Kier molecular flexibility index (Phi) is 4.86. The molecule has 3 N–H and O–H groups in total. The van der Waals surface area contributed by atoms with Crippen LogP contribution in [0.2, 0.25) is 0 Å². The first-order valence-electron chi connectivity index (χ1n) is 7.43. The number of amides is 2. The molecule has 2 rings (SSSR count). The van der Waals surface area contributed by atoms with Gasteiger partial charge in [0, 0.05) is 25.0 Å². The minimum atomic E-state index is -0.765. The summed E-state index contributed by atoms with van der Waals surface area (Å²) in [6.45, 7) is 3.00. The topological polar surface area (TPSA) is 89.9 Å². The van der Waals surface area contributed by atoms with Gasteiger partial charge in [0.1, 0.15) is 0 Å². The van der Waals surface area contributed by atoms with Crippen LogP contribution in [0.4, 0.5) is 4.79 Å². The van der Waals surface area contributed by atoms with Crippen LogP contribution in [0.15, 0.2) is 0 Å². The lowest BCUT2D eigenvalue weighted by Crippen LogP contribution is -2.46. The number of hydrogen-bond acceptors (Lipinski definition) is 3. The number of carbonyl (C=O) groups is 2. The number of carboxylic acids is 1. The molecule has 1 aliphatic carbocycles. The summed E-state index contributed by atoms with van der Waals surface area (Å²) in [5, 5.41) is 21.5. The van der Waals surface area contributed by atoms with E-state index in [0.717, 1.165) is 19.3 Å². The summed E-state index contributed by atoms with van der Waals surface area (Å²) in [5.74, 6) is -0.948. The van der Waals surface area contributed by atoms with Crippen LogP contribution in [0.1, 0.15) is 39.0 Å². The fourth-order valence-corrected chi connectivity index (χ4v) is 3.18. The van der Waals surface area contributed by atoms with Crippen LogP contribution in [0.3, 0.4) is 0 Å². The number of aliphatic hydroxyl groups is 1. The number of rotatable bonds is 3. The highest BCUT2D eigenvalue weighted by Crippen LogP contribution is 2.25. The van der Waals surface area contributed by atoms with Crippen molar-refractivity contribution >= 4 is 12.0 Å². The van der Waals surface area contributed by atoms with Gasteiger partial charge < -0.3 is 20.4 Å². The third-order valence-electron chi connectivity index (χ3n) is 4.55. The predicted octanol–water partition coefficient (Wildman–Crippen LogP) is 1.04. The lowest BCUT2D eigenvalue weighted by Gasteiger charge is -2.29. The van der Waals surface area contributed by atoms with E-state index >= 15 is 0 Å². The van der Waals surface area contributed by atoms with Crippen molar-refractivity contribution < 1.29 is 19.8 Å². The molecule has 6 heteroatoms. The maximum absolute atomic E-state index is 12.1. The Hall–Kier alpha value is -1.30. The molecule has 0 radical (unpaired) electrons. The molecule has 2 amide bonds. The van der Waals surface area contributed by atoms with Gasteiger partial charge in [-0.3, -0.25) is 4.79 Å². The van der Waals surface area contributed by atoms with Gasteiger partial charge in [-0.2, -0.15) is 0 Å². The first-order valence-corrected chi connectivity index (χ1v) is 7.43. The van der Waals surface area contributed by atoms with Crippen molar-refractivity contribution in [2.24, 2.45) is 11.8 Å². The largest absolute Gasteiger partial charge is 0.481 e. The lowest BCUT2D eigenvalue weighted by molar-refractivity contribution is -0.143. The summed E-state index contributed by atoms with van der Waals surface area (Å²) in [6, 6.07) is -0.160. The highest BCUT2D eigenvalue weighted by atomic mass is 16.4.